The molecule has 0 radical (unpaired) electrons. The molecule has 0 spiro atoms. The summed E-state index contributed by atoms with van der Waals surface area (Å²) in [7, 11) is 0. The summed E-state index contributed by atoms with van der Waals surface area (Å²) >= 11 is 0. The van der Waals surface area contributed by atoms with Crippen LogP contribution in [0.15, 0.2) is 70.5 Å². The van der Waals surface area contributed by atoms with Crippen LogP contribution in [-0.2, 0) is 22.6 Å². The van der Waals surface area contributed by atoms with Crippen molar-refractivity contribution in [2.24, 2.45) is 0 Å². The molecule has 0 aliphatic heterocycles. The zero-order chi connectivity index (χ0) is 25.8. The summed E-state index contributed by atoms with van der Waals surface area (Å²) in [4.78, 5) is 62.7. The van der Waals surface area contributed by atoms with Crippen LogP contribution in [-0.4, -0.2) is 37.5 Å². The second kappa shape index (κ2) is 10.1. The van der Waals surface area contributed by atoms with Crippen molar-refractivity contribution in [3.8, 4) is 5.69 Å². The molecule has 0 saturated heterocycles. The Morgan fingerprint density at radius 2 is 1.89 bits per heavy atom. The van der Waals surface area contributed by atoms with E-state index in [-0.39, 0.29) is 40.5 Å². The Kier molecular flexibility index (Phi) is 6.77. The van der Waals surface area contributed by atoms with Crippen molar-refractivity contribution < 1.29 is 19.2 Å². The number of nitrogens with zero attached hydrogens (tertiary/aromatic N) is 3. The van der Waals surface area contributed by atoms with Crippen molar-refractivity contribution >= 4 is 28.6 Å². The van der Waals surface area contributed by atoms with Crippen molar-refractivity contribution in [3.05, 3.63) is 103 Å². The maximum atomic E-state index is 12.6. The molecule has 4 rings (SSSR count). The number of aromatic amines is 1. The van der Waals surface area contributed by atoms with Gasteiger partial charge in [0.1, 0.15) is 12.2 Å². The maximum Gasteiger partial charge on any atom is 0.326 e. The normalized spacial score (nSPS) is 10.8. The molecule has 0 unspecified atom stereocenters. The number of amides is 1. The van der Waals surface area contributed by atoms with Gasteiger partial charge in [0.2, 0.25) is 0 Å². The van der Waals surface area contributed by atoms with Crippen molar-refractivity contribution in [2.45, 2.75) is 20.0 Å². The van der Waals surface area contributed by atoms with Crippen LogP contribution >= 0.6 is 0 Å². The van der Waals surface area contributed by atoms with E-state index in [1.54, 1.807) is 6.92 Å². The van der Waals surface area contributed by atoms with Crippen LogP contribution in [0.25, 0.3) is 16.7 Å². The minimum absolute atomic E-state index is 0.00710. The molecule has 0 aliphatic rings. The Balaban J connectivity index is 1.75. The molecule has 2 aromatic heterocycles. The number of benzene rings is 2. The average Bonchev–Trinajstić information content (AvgIpc) is 3.36. The van der Waals surface area contributed by atoms with Crippen LogP contribution in [0, 0.1) is 10.1 Å². The van der Waals surface area contributed by atoms with E-state index in [0.717, 1.165) is 16.2 Å². The predicted molar refractivity (Wildman–Crippen MR) is 129 cm³/mol. The lowest BCUT2D eigenvalue weighted by Gasteiger charge is -2.12. The first kappa shape index (κ1) is 24.1. The van der Waals surface area contributed by atoms with E-state index in [2.05, 4.69) is 10.3 Å². The smallest absolute Gasteiger partial charge is 0.326 e. The Bertz CT molecular complexity index is 1580. The fraction of sp³-hybridized carbons (Fsp3) is 0.167. The summed E-state index contributed by atoms with van der Waals surface area (Å²) in [6, 6.07) is 13.2. The lowest BCUT2D eigenvalue weighted by Crippen LogP contribution is -2.38. The highest BCUT2D eigenvalue weighted by Crippen LogP contribution is 2.28. The van der Waals surface area contributed by atoms with Crippen LogP contribution in [0.4, 0.5) is 5.69 Å². The number of nitro benzene ring substituents is 1. The first-order valence-electron chi connectivity index (χ1n) is 10.9. The van der Waals surface area contributed by atoms with Crippen molar-refractivity contribution in [2.75, 3.05) is 6.61 Å². The van der Waals surface area contributed by atoms with Crippen LogP contribution < -0.4 is 16.4 Å². The molecule has 2 aromatic carbocycles. The van der Waals surface area contributed by atoms with Gasteiger partial charge in [-0.2, -0.15) is 0 Å². The lowest BCUT2D eigenvalue weighted by atomic mass is 10.2. The van der Waals surface area contributed by atoms with Gasteiger partial charge in [-0.3, -0.25) is 33.9 Å². The van der Waals surface area contributed by atoms with E-state index < -0.39 is 28.6 Å². The van der Waals surface area contributed by atoms with E-state index in [1.165, 1.54) is 29.1 Å². The number of nitrogens with one attached hydrogen (secondary N) is 2. The molecule has 0 atom stereocenters. The zero-order valence-corrected chi connectivity index (χ0v) is 19.1. The molecule has 0 fully saturated rings. The summed E-state index contributed by atoms with van der Waals surface area (Å²) in [6.45, 7) is 1.42. The molecular weight excluding hydrogens is 470 g/mol. The third-order valence-corrected chi connectivity index (χ3v) is 5.39. The highest BCUT2D eigenvalue weighted by Gasteiger charge is 2.22. The summed E-state index contributed by atoms with van der Waals surface area (Å²) in [5, 5.41) is 14.6. The topological polar surface area (TPSA) is 158 Å². The van der Waals surface area contributed by atoms with Crippen LogP contribution in [0.2, 0.25) is 0 Å². The molecular formula is C24H21N5O7. The standard InChI is InChI=1S/C24H21N5O7/c1-2-36-21(30)14-28-18-11-19(20(29(34)35)10-17(18)26-23(32)24(28)33)27-9-8-16(13-27)22(31)25-12-15-6-4-3-5-7-15/h3-11,13H,2,12,14H2,1H3,(H,25,31)(H,26,32). The lowest BCUT2D eigenvalue weighted by molar-refractivity contribution is -0.384. The highest BCUT2D eigenvalue weighted by atomic mass is 16.6. The second-order valence-electron chi connectivity index (χ2n) is 7.74. The molecule has 2 heterocycles. The van der Waals surface area contributed by atoms with Gasteiger partial charge in [-0.1, -0.05) is 30.3 Å². The fourth-order valence-corrected chi connectivity index (χ4v) is 3.70. The number of carbonyl (C=O) groups is 2. The van der Waals surface area contributed by atoms with Crippen molar-refractivity contribution in [1.82, 2.24) is 19.4 Å². The van der Waals surface area contributed by atoms with Gasteiger partial charge in [-0.05, 0) is 24.6 Å². The Hall–Kier alpha value is -5.00. The molecule has 12 heteroatoms. The summed E-state index contributed by atoms with van der Waals surface area (Å²) in [5.74, 6) is -1.13. The number of aromatic nitrogens is 3. The molecule has 2 N–H and O–H groups in total. The third kappa shape index (κ3) is 4.92. The third-order valence-electron chi connectivity index (χ3n) is 5.39. The number of hydrogen-bond acceptors (Lipinski definition) is 7. The number of ether oxygens (including phenoxy) is 1. The monoisotopic (exact) mass is 491 g/mol. The minimum Gasteiger partial charge on any atom is -0.465 e. The number of rotatable bonds is 8. The number of fused-ring (bicyclic) bond motifs is 1. The molecule has 4 aromatic rings. The molecule has 12 nitrogen and oxygen atoms in total. The van der Waals surface area contributed by atoms with Gasteiger partial charge in [-0.25, -0.2) is 0 Å². The van der Waals surface area contributed by atoms with Gasteiger partial charge >= 0.3 is 17.1 Å². The van der Waals surface area contributed by atoms with Crippen LogP contribution in [0.3, 0.4) is 0 Å². The van der Waals surface area contributed by atoms with E-state index in [4.69, 9.17) is 4.74 Å². The van der Waals surface area contributed by atoms with E-state index >= 15 is 0 Å². The van der Waals surface area contributed by atoms with E-state index in [0.29, 0.717) is 6.54 Å². The van der Waals surface area contributed by atoms with Crippen molar-refractivity contribution in [1.29, 1.82) is 0 Å². The van der Waals surface area contributed by atoms with E-state index in [1.807, 2.05) is 30.3 Å². The first-order valence-corrected chi connectivity index (χ1v) is 10.9. The summed E-state index contributed by atoms with van der Waals surface area (Å²) < 4.78 is 7.14. The quantitative estimate of drug-likeness (QED) is 0.165. The summed E-state index contributed by atoms with van der Waals surface area (Å²) in [6.07, 6.45) is 2.87. The van der Waals surface area contributed by atoms with Gasteiger partial charge < -0.3 is 19.6 Å². The maximum absolute atomic E-state index is 12.6. The number of esters is 1. The SMILES string of the molecule is CCOC(=O)Cn1c(=O)c(=O)[nH]c2cc([N+](=O)[O-])c(-n3ccc(C(=O)NCc4ccccc4)c3)cc21. The fourth-order valence-electron chi connectivity index (χ4n) is 3.70. The average molecular weight is 491 g/mol. The molecule has 36 heavy (non-hydrogen) atoms. The van der Waals surface area contributed by atoms with Gasteiger partial charge in [-0.15, -0.1) is 0 Å². The largest absolute Gasteiger partial charge is 0.465 e. The molecule has 184 valence electrons. The van der Waals surface area contributed by atoms with Gasteiger partial charge in [0.15, 0.2) is 0 Å². The molecule has 0 bridgehead atoms. The molecule has 0 saturated carbocycles. The Labute approximate surface area is 202 Å². The Morgan fingerprint density at radius 3 is 2.58 bits per heavy atom. The van der Waals surface area contributed by atoms with Crippen LogP contribution in [0.1, 0.15) is 22.8 Å². The minimum atomic E-state index is -1.04. The Morgan fingerprint density at radius 1 is 1.14 bits per heavy atom. The highest BCUT2D eigenvalue weighted by molar-refractivity contribution is 5.94. The number of nitro groups is 1. The van der Waals surface area contributed by atoms with Crippen molar-refractivity contribution in [3.63, 3.8) is 0 Å². The zero-order valence-electron chi connectivity index (χ0n) is 19.1. The van der Waals surface area contributed by atoms with Gasteiger partial charge in [0, 0.05) is 25.0 Å². The molecule has 0 aliphatic carbocycles. The first-order chi connectivity index (χ1) is 17.3. The van der Waals surface area contributed by atoms with E-state index in [9.17, 15) is 29.3 Å². The predicted octanol–water partition coefficient (Wildman–Crippen LogP) is 1.88. The number of H-pyrrole nitrogens is 1. The second-order valence-corrected chi connectivity index (χ2v) is 7.74. The summed E-state index contributed by atoms with van der Waals surface area (Å²) in [5.41, 5.74) is -1.17. The molecule has 1 amide bonds. The van der Waals surface area contributed by atoms with Gasteiger partial charge in [0.25, 0.3) is 11.6 Å². The van der Waals surface area contributed by atoms with Gasteiger partial charge in [0.05, 0.1) is 28.1 Å². The number of carbonyl (C=O) groups excluding carboxylic acids is 2. The number of hydrogen-bond donors (Lipinski definition) is 2. The van der Waals surface area contributed by atoms with Crippen LogP contribution in [0.5, 0.6) is 0 Å².